The molecule has 0 bridgehead atoms. The number of ether oxygens (including phenoxy) is 1. The summed E-state index contributed by atoms with van der Waals surface area (Å²) < 4.78 is 21.7. The summed E-state index contributed by atoms with van der Waals surface area (Å²) in [5.74, 6) is -1.68. The van der Waals surface area contributed by atoms with Crippen molar-refractivity contribution in [1.29, 1.82) is 0 Å². The van der Waals surface area contributed by atoms with Crippen LogP contribution in [-0.4, -0.2) is 38.5 Å². The zero-order chi connectivity index (χ0) is 27.4. The van der Waals surface area contributed by atoms with Crippen LogP contribution in [0.15, 0.2) is 16.9 Å². The maximum Gasteiger partial charge on any atom is 0.343 e. The topological polar surface area (TPSA) is 140 Å². The van der Waals surface area contributed by atoms with Gasteiger partial charge in [0.25, 0.3) is 5.56 Å². The molecule has 0 unspecified atom stereocenters. The molecule has 2 amide bonds. The van der Waals surface area contributed by atoms with Gasteiger partial charge in [0.1, 0.15) is 18.5 Å². The first kappa shape index (κ1) is 24.0. The third-order valence-electron chi connectivity index (χ3n) is 8.74. The lowest BCUT2D eigenvalue weighted by molar-refractivity contribution is -0.172. The molecule has 0 spiro atoms. The fourth-order valence-electron chi connectivity index (χ4n) is 6.49. The number of aromatic nitrogens is 2. The Bertz CT molecular complexity index is 1740. The summed E-state index contributed by atoms with van der Waals surface area (Å²) in [7, 11) is 0. The molecule has 4 aliphatic rings. The van der Waals surface area contributed by atoms with Gasteiger partial charge in [-0.05, 0) is 48.9 Å². The molecule has 5 heterocycles. The number of nitrogens with zero attached hydrogens (tertiary/aromatic N) is 2. The molecule has 3 atom stereocenters. The number of fused-ring (bicyclic) bond motifs is 5. The third-order valence-corrected chi connectivity index (χ3v) is 8.74. The molecule has 1 aliphatic carbocycles. The molecule has 10 nitrogen and oxygen atoms in total. The van der Waals surface area contributed by atoms with E-state index < -0.39 is 29.2 Å². The summed E-state index contributed by atoms with van der Waals surface area (Å²) in [6.45, 7) is 3.28. The highest BCUT2D eigenvalue weighted by atomic mass is 19.1. The zero-order valence-electron chi connectivity index (χ0n) is 21.3. The number of benzene rings is 1. The van der Waals surface area contributed by atoms with E-state index in [1.165, 1.54) is 10.6 Å². The summed E-state index contributed by atoms with van der Waals surface area (Å²) in [5.41, 5.74) is 2.16. The van der Waals surface area contributed by atoms with E-state index in [1.54, 1.807) is 19.9 Å². The Hall–Kier alpha value is -4.12. The minimum absolute atomic E-state index is 0.0185. The summed E-state index contributed by atoms with van der Waals surface area (Å²) in [5, 5.41) is 17.6. The Morgan fingerprint density at radius 2 is 2.05 bits per heavy atom. The van der Waals surface area contributed by atoms with Gasteiger partial charge in [0, 0.05) is 22.6 Å². The average Bonchev–Trinajstić information content (AvgIpc) is 3.27. The van der Waals surface area contributed by atoms with E-state index in [4.69, 9.17) is 9.72 Å². The monoisotopic (exact) mass is 532 g/mol. The maximum atomic E-state index is 15.0. The van der Waals surface area contributed by atoms with Crippen LogP contribution < -0.4 is 16.2 Å². The van der Waals surface area contributed by atoms with Gasteiger partial charge in [0.05, 0.1) is 41.5 Å². The fourth-order valence-corrected chi connectivity index (χ4v) is 6.49. The molecule has 11 heteroatoms. The normalized spacial score (nSPS) is 24.3. The molecule has 0 radical (unpaired) electrons. The maximum absolute atomic E-state index is 15.0. The molecule has 3 N–H and O–H groups in total. The van der Waals surface area contributed by atoms with Crippen LogP contribution in [-0.2, 0) is 44.3 Å². The quantitative estimate of drug-likeness (QED) is 0.269. The van der Waals surface area contributed by atoms with Crippen LogP contribution >= 0.6 is 0 Å². The van der Waals surface area contributed by atoms with Gasteiger partial charge in [-0.15, -0.1) is 0 Å². The molecule has 200 valence electrons. The highest BCUT2D eigenvalue weighted by molar-refractivity contribution is 5.98. The molecule has 1 aromatic carbocycles. The van der Waals surface area contributed by atoms with E-state index in [0.29, 0.717) is 35.3 Å². The lowest BCUT2D eigenvalue weighted by atomic mass is 9.81. The van der Waals surface area contributed by atoms with Gasteiger partial charge < -0.3 is 25.0 Å². The predicted molar refractivity (Wildman–Crippen MR) is 135 cm³/mol. The Morgan fingerprint density at radius 3 is 2.77 bits per heavy atom. The number of pyridine rings is 2. The van der Waals surface area contributed by atoms with Gasteiger partial charge in [0.15, 0.2) is 5.60 Å². The highest BCUT2D eigenvalue weighted by Crippen LogP contribution is 2.46. The number of cyclic esters (lactones) is 1. The highest BCUT2D eigenvalue weighted by Gasteiger charge is 2.46. The van der Waals surface area contributed by atoms with Gasteiger partial charge in [-0.3, -0.25) is 14.4 Å². The number of aliphatic hydroxyl groups is 1. The molecule has 1 saturated heterocycles. The second-order valence-corrected chi connectivity index (χ2v) is 10.7. The Labute approximate surface area is 221 Å². The van der Waals surface area contributed by atoms with Crippen molar-refractivity contribution in [3.05, 3.63) is 61.7 Å². The van der Waals surface area contributed by atoms with Crippen LogP contribution in [0.1, 0.15) is 65.6 Å². The van der Waals surface area contributed by atoms with Crippen molar-refractivity contribution in [3.8, 4) is 11.4 Å². The van der Waals surface area contributed by atoms with Crippen molar-refractivity contribution in [2.24, 2.45) is 0 Å². The van der Waals surface area contributed by atoms with E-state index in [0.717, 1.165) is 22.1 Å². The van der Waals surface area contributed by atoms with E-state index in [-0.39, 0.29) is 54.8 Å². The Kier molecular flexibility index (Phi) is 4.88. The first-order valence-corrected chi connectivity index (χ1v) is 13.0. The molecule has 3 aliphatic heterocycles. The molecule has 0 saturated carbocycles. The number of rotatable bonds is 3. The van der Waals surface area contributed by atoms with Gasteiger partial charge in [-0.2, -0.15) is 0 Å². The predicted octanol–water partition coefficient (Wildman–Crippen LogP) is 1.52. The number of hydrogen-bond acceptors (Lipinski definition) is 7. The summed E-state index contributed by atoms with van der Waals surface area (Å²) in [6, 6.07) is 1.94. The average molecular weight is 533 g/mol. The zero-order valence-corrected chi connectivity index (χ0v) is 21.3. The largest absolute Gasteiger partial charge is 0.458 e. The third kappa shape index (κ3) is 3.13. The first-order chi connectivity index (χ1) is 18.6. The number of halogens is 1. The van der Waals surface area contributed by atoms with Crippen molar-refractivity contribution < 1.29 is 28.6 Å². The molecular weight excluding hydrogens is 507 g/mol. The molecule has 1 fully saturated rings. The summed E-state index contributed by atoms with van der Waals surface area (Å²) >= 11 is 0. The van der Waals surface area contributed by atoms with Gasteiger partial charge in [0.2, 0.25) is 11.8 Å². The van der Waals surface area contributed by atoms with Crippen LogP contribution in [0.25, 0.3) is 22.3 Å². The van der Waals surface area contributed by atoms with Gasteiger partial charge >= 0.3 is 5.97 Å². The number of carbonyl (C=O) groups is 3. The summed E-state index contributed by atoms with van der Waals surface area (Å²) in [6.07, 6.45) is 1.18. The number of β-lactam (4-membered cyclic amide) rings is 1. The van der Waals surface area contributed by atoms with Crippen LogP contribution in [0, 0.1) is 12.7 Å². The fraction of sp³-hybridized carbons (Fsp3) is 0.393. The van der Waals surface area contributed by atoms with E-state index in [2.05, 4.69) is 10.6 Å². The minimum Gasteiger partial charge on any atom is -0.458 e. The number of amides is 2. The SMILES string of the molecule is CC[C@@]1(O)C(=O)OCc2c1cc1n(c2=O)Cc2c-1nc1cc(F)c(C)c3c1c2[C@@H](NC(=O)[C@@H]1CC(=O)N1)CC3. The first-order valence-electron chi connectivity index (χ1n) is 13.0. The standard InChI is InChI=1S/C28H25FN4O6/c1-3-28(38)15-6-20-24-13(9-33(20)26(36)14(15)10-39-27(28)37)23-17(32-25(35)19-8-21(34)30-19)5-4-12-11(2)16(29)7-18(31-24)22(12)23/h6-7,17,19,38H,3-5,8-10H2,1-2H3,(H,30,34)(H,32,35)/t17-,19-,28-/m0/s1. The van der Waals surface area contributed by atoms with Crippen molar-refractivity contribution in [1.82, 2.24) is 20.2 Å². The number of carbonyl (C=O) groups excluding carboxylic acids is 3. The number of hydrogen-bond donors (Lipinski definition) is 3. The Balaban J connectivity index is 1.45. The van der Waals surface area contributed by atoms with Crippen LogP contribution in [0.4, 0.5) is 4.39 Å². The van der Waals surface area contributed by atoms with Crippen LogP contribution in [0.5, 0.6) is 0 Å². The van der Waals surface area contributed by atoms with Crippen LogP contribution in [0.3, 0.4) is 0 Å². The van der Waals surface area contributed by atoms with E-state index in [1.807, 2.05) is 0 Å². The second-order valence-electron chi connectivity index (χ2n) is 10.7. The molecule has 39 heavy (non-hydrogen) atoms. The van der Waals surface area contributed by atoms with Crippen molar-refractivity contribution in [3.63, 3.8) is 0 Å². The van der Waals surface area contributed by atoms with Crippen molar-refractivity contribution >= 4 is 28.7 Å². The van der Waals surface area contributed by atoms with Gasteiger partial charge in [-0.25, -0.2) is 14.2 Å². The van der Waals surface area contributed by atoms with Gasteiger partial charge in [-0.1, -0.05) is 6.92 Å². The Morgan fingerprint density at radius 1 is 1.28 bits per heavy atom. The molecule has 3 aromatic rings. The number of nitrogens with one attached hydrogen (secondary N) is 2. The van der Waals surface area contributed by atoms with Crippen molar-refractivity contribution in [2.45, 2.75) is 70.4 Å². The number of esters is 1. The lowest BCUT2D eigenvalue weighted by Gasteiger charge is -2.32. The smallest absolute Gasteiger partial charge is 0.343 e. The number of aryl methyl sites for hydroxylation is 1. The molecular formula is C28H25FN4O6. The lowest BCUT2D eigenvalue weighted by Crippen LogP contribution is -2.57. The van der Waals surface area contributed by atoms with E-state index >= 15 is 0 Å². The van der Waals surface area contributed by atoms with E-state index in [9.17, 15) is 28.7 Å². The molecule has 7 rings (SSSR count). The minimum atomic E-state index is -1.96. The summed E-state index contributed by atoms with van der Waals surface area (Å²) in [4.78, 5) is 55.3. The van der Waals surface area contributed by atoms with Crippen LogP contribution in [0.2, 0.25) is 0 Å². The second kappa shape index (κ2) is 7.95. The molecule has 2 aromatic heterocycles. The van der Waals surface area contributed by atoms with Crippen molar-refractivity contribution in [2.75, 3.05) is 0 Å².